The van der Waals surface area contributed by atoms with Crippen molar-refractivity contribution in [3.05, 3.63) is 146 Å². The van der Waals surface area contributed by atoms with Crippen molar-refractivity contribution in [1.82, 2.24) is 0 Å². The minimum absolute atomic E-state index is 0.0154. The normalized spacial score (nSPS) is 24.8. The van der Waals surface area contributed by atoms with Crippen molar-refractivity contribution in [2.24, 2.45) is 0 Å². The summed E-state index contributed by atoms with van der Waals surface area (Å²) in [5, 5.41) is 72.5. The Morgan fingerprint density at radius 2 is 0.765 bits per heavy atom. The number of esters is 1. The smallest absolute Gasteiger partial charge is 0.306 e. The molecule has 0 spiro atoms. The van der Waals surface area contributed by atoms with Crippen LogP contribution in [0.1, 0.15) is 168 Å². The summed E-state index contributed by atoms with van der Waals surface area (Å²) in [4.78, 5) is 13.1. The van der Waals surface area contributed by atoms with Gasteiger partial charge in [0, 0.05) is 13.0 Å². The van der Waals surface area contributed by atoms with Crippen molar-refractivity contribution < 1.29 is 69.0 Å². The molecule has 0 bridgehead atoms. The molecule has 0 radical (unpaired) electrons. The van der Waals surface area contributed by atoms with Crippen molar-refractivity contribution in [3.63, 3.8) is 0 Å². The Hall–Kier alpha value is -4.13. The largest absolute Gasteiger partial charge is 0.457 e. The fraction of sp³-hybridized carbons (Fsp3) is 0.627. The second kappa shape index (κ2) is 51.5. The van der Waals surface area contributed by atoms with Gasteiger partial charge in [0.2, 0.25) is 0 Å². The molecule has 2 saturated heterocycles. The SMILES string of the molecule is CC/C=C\C/C=C\C/C=C\C/C=C\C/C=C\C/C=C\C/C=C\CCCCOCC(COC1OC(COC2OC(CO)C(O)C(O)C2O)C(O)C(O)C1O)OC(=O)CCCCCCCCC/C=C\C/C=C\C/C=C\C/C=C\C/C=C\CC. The van der Waals surface area contributed by atoms with Crippen LogP contribution in [0.2, 0.25) is 0 Å². The van der Waals surface area contributed by atoms with Crippen molar-refractivity contribution in [2.45, 2.75) is 235 Å². The van der Waals surface area contributed by atoms with E-state index in [9.17, 15) is 40.5 Å². The second-order valence-electron chi connectivity index (χ2n) is 20.4. The van der Waals surface area contributed by atoms with Gasteiger partial charge in [0.25, 0.3) is 0 Å². The average molecular weight is 1140 g/mol. The van der Waals surface area contributed by atoms with E-state index >= 15 is 0 Å². The molecule has 14 heteroatoms. The first kappa shape index (κ1) is 73.0. The van der Waals surface area contributed by atoms with E-state index in [0.717, 1.165) is 135 Å². The number of hydrogen-bond donors (Lipinski definition) is 7. The molecule has 0 aromatic heterocycles. The number of carbonyl (C=O) groups is 1. The van der Waals surface area contributed by atoms with Crippen molar-refractivity contribution in [2.75, 3.05) is 33.0 Å². The number of unbranched alkanes of at least 4 members (excludes halogenated alkanes) is 9. The number of carbonyl (C=O) groups excluding carboxylic acids is 1. The van der Waals surface area contributed by atoms with Crippen molar-refractivity contribution >= 4 is 5.97 Å². The number of ether oxygens (including phenoxy) is 6. The summed E-state index contributed by atoms with van der Waals surface area (Å²) in [7, 11) is 0. The number of allylic oxidation sites excluding steroid dienone is 24. The highest BCUT2D eigenvalue weighted by molar-refractivity contribution is 5.69. The number of rotatable bonds is 47. The van der Waals surface area contributed by atoms with Crippen LogP contribution in [0.4, 0.5) is 0 Å². The summed E-state index contributed by atoms with van der Waals surface area (Å²) in [5.41, 5.74) is 0. The molecule has 2 heterocycles. The van der Waals surface area contributed by atoms with Gasteiger partial charge in [-0.05, 0) is 116 Å². The van der Waals surface area contributed by atoms with Gasteiger partial charge in [0.05, 0.1) is 26.4 Å². The Bertz CT molecular complexity index is 1890. The lowest BCUT2D eigenvalue weighted by atomic mass is 9.98. The summed E-state index contributed by atoms with van der Waals surface area (Å²) in [5.74, 6) is -0.410. The molecule has 2 fully saturated rings. The van der Waals surface area contributed by atoms with E-state index in [2.05, 4.69) is 160 Å². The molecule has 0 amide bonds. The van der Waals surface area contributed by atoms with E-state index in [1.165, 1.54) is 6.42 Å². The fourth-order valence-corrected chi connectivity index (χ4v) is 8.53. The summed E-state index contributed by atoms with van der Waals surface area (Å²) in [6.07, 6.45) is 59.0. The van der Waals surface area contributed by atoms with E-state index in [4.69, 9.17) is 28.4 Å². The Morgan fingerprint density at radius 3 is 1.20 bits per heavy atom. The van der Waals surface area contributed by atoms with Crippen LogP contribution in [-0.4, -0.2) is 142 Å². The zero-order valence-corrected chi connectivity index (χ0v) is 49.2. The average Bonchev–Trinajstić information content (AvgIpc) is 3.46. The number of aliphatic hydroxyl groups is 7. The van der Waals surface area contributed by atoms with Gasteiger partial charge >= 0.3 is 5.97 Å². The predicted octanol–water partition coefficient (Wildman–Crippen LogP) is 11.6. The number of aliphatic hydroxyl groups excluding tert-OH is 7. The molecule has 11 unspecified atom stereocenters. The quantitative estimate of drug-likeness (QED) is 0.0172. The van der Waals surface area contributed by atoms with Gasteiger partial charge in [0.15, 0.2) is 12.6 Å². The Balaban J connectivity index is 1.74. The van der Waals surface area contributed by atoms with Crippen molar-refractivity contribution in [3.8, 4) is 0 Å². The highest BCUT2D eigenvalue weighted by atomic mass is 16.7. The summed E-state index contributed by atoms with van der Waals surface area (Å²) in [6, 6.07) is 0. The zero-order valence-electron chi connectivity index (χ0n) is 49.2. The van der Waals surface area contributed by atoms with Crippen LogP contribution in [0.15, 0.2) is 146 Å². The molecule has 81 heavy (non-hydrogen) atoms. The second-order valence-corrected chi connectivity index (χ2v) is 20.4. The van der Waals surface area contributed by atoms with E-state index in [1.807, 2.05) is 0 Å². The Kier molecular flexibility index (Phi) is 46.4. The first-order valence-corrected chi connectivity index (χ1v) is 30.4. The first-order chi connectivity index (χ1) is 39.6. The van der Waals surface area contributed by atoms with Gasteiger partial charge in [-0.15, -0.1) is 0 Å². The molecule has 0 aliphatic carbocycles. The standard InChI is InChI=1S/C67H106O14/c1-3-5-7-9-11-13-15-17-19-21-23-25-27-29-31-33-35-37-39-41-43-45-47-49-51-76-53-56(54-77-66-65(75)63(73)61(71)58(81-66)55-78-67-64(74)62(72)60(70)57(52-68)80-67)79-59(69)50-48-46-44-42-40-38-36-34-32-30-28-26-24-22-20-18-16-14-12-10-8-6-4-2/h5-8,11-14,17-20,23-26,29-32,35,37,41,43,56-58,60-68,70-75H,3-4,9-10,15-16,21-22,27-28,33-34,36,38-40,42,44-55H2,1-2H3/b7-5-,8-6-,13-11-,14-12-,19-17-,20-18-,25-23-,26-24-,31-29-,32-30-,37-35-,43-41-. The molecule has 0 aromatic carbocycles. The fourth-order valence-electron chi connectivity index (χ4n) is 8.53. The lowest BCUT2D eigenvalue weighted by Gasteiger charge is -2.42. The molecule has 2 aliphatic rings. The van der Waals surface area contributed by atoms with Gasteiger partial charge in [-0.1, -0.05) is 192 Å². The van der Waals surface area contributed by atoms with Crippen LogP contribution in [-0.2, 0) is 33.2 Å². The maximum atomic E-state index is 13.1. The minimum atomic E-state index is -1.73. The third-order valence-corrected chi connectivity index (χ3v) is 13.3. The van der Waals surface area contributed by atoms with E-state index < -0.39 is 86.7 Å². The highest BCUT2D eigenvalue weighted by Gasteiger charge is 2.47. The molecule has 14 nitrogen and oxygen atoms in total. The summed E-state index contributed by atoms with van der Waals surface area (Å²) in [6.45, 7) is 3.30. The lowest BCUT2D eigenvalue weighted by molar-refractivity contribution is -0.332. The van der Waals surface area contributed by atoms with Gasteiger partial charge in [-0.25, -0.2) is 0 Å². The topological polar surface area (TPSA) is 214 Å². The predicted molar refractivity (Wildman–Crippen MR) is 325 cm³/mol. The molecule has 0 aromatic rings. The maximum Gasteiger partial charge on any atom is 0.306 e. The highest BCUT2D eigenvalue weighted by Crippen LogP contribution is 2.26. The van der Waals surface area contributed by atoms with E-state index in [-0.39, 0.29) is 19.6 Å². The minimum Gasteiger partial charge on any atom is -0.457 e. The molecule has 7 N–H and O–H groups in total. The molecule has 11 atom stereocenters. The van der Waals surface area contributed by atoms with Gasteiger partial charge in [0.1, 0.15) is 54.9 Å². The molecule has 0 saturated carbocycles. The summed E-state index contributed by atoms with van der Waals surface area (Å²) < 4.78 is 34.4. The van der Waals surface area contributed by atoms with Gasteiger partial charge in [-0.3, -0.25) is 4.79 Å². The Morgan fingerprint density at radius 1 is 0.407 bits per heavy atom. The van der Waals surface area contributed by atoms with Crippen molar-refractivity contribution in [1.29, 1.82) is 0 Å². The van der Waals surface area contributed by atoms with Crippen LogP contribution >= 0.6 is 0 Å². The molecule has 458 valence electrons. The van der Waals surface area contributed by atoms with Gasteiger partial charge < -0.3 is 64.2 Å². The maximum absolute atomic E-state index is 13.1. The van der Waals surface area contributed by atoms with Crippen LogP contribution in [0, 0.1) is 0 Å². The van der Waals surface area contributed by atoms with Crippen LogP contribution < -0.4 is 0 Å². The molecule has 2 rings (SSSR count). The van der Waals surface area contributed by atoms with Crippen LogP contribution in [0.3, 0.4) is 0 Å². The van der Waals surface area contributed by atoms with E-state index in [1.54, 1.807) is 0 Å². The van der Waals surface area contributed by atoms with Crippen LogP contribution in [0.5, 0.6) is 0 Å². The third kappa shape index (κ3) is 37.6. The molecular weight excluding hydrogens is 1030 g/mol. The first-order valence-electron chi connectivity index (χ1n) is 30.4. The summed E-state index contributed by atoms with van der Waals surface area (Å²) >= 11 is 0. The van der Waals surface area contributed by atoms with Crippen LogP contribution in [0.25, 0.3) is 0 Å². The monoisotopic (exact) mass is 1130 g/mol. The Labute approximate surface area is 487 Å². The van der Waals surface area contributed by atoms with Gasteiger partial charge in [-0.2, -0.15) is 0 Å². The molecule has 2 aliphatic heterocycles. The molecular formula is C67H106O14. The third-order valence-electron chi connectivity index (χ3n) is 13.3. The number of hydrogen-bond acceptors (Lipinski definition) is 14. The zero-order chi connectivity index (χ0) is 58.6. The van der Waals surface area contributed by atoms with E-state index in [0.29, 0.717) is 13.0 Å². The lowest BCUT2D eigenvalue weighted by Crippen LogP contribution is -2.61.